The van der Waals surface area contributed by atoms with Gasteiger partial charge in [-0.25, -0.2) is 8.42 Å². The third-order valence-electron chi connectivity index (χ3n) is 3.90. The van der Waals surface area contributed by atoms with Crippen LogP contribution in [0.25, 0.3) is 0 Å². The fraction of sp³-hybridized carbons (Fsp3) is 0.316. The van der Waals surface area contributed by atoms with Gasteiger partial charge in [-0.1, -0.05) is 18.2 Å². The zero-order valence-electron chi connectivity index (χ0n) is 15.6. The molecule has 0 aromatic heterocycles. The maximum atomic E-state index is 12.0. The number of hydrogen-bond acceptors (Lipinski definition) is 6. The van der Waals surface area contributed by atoms with Crippen LogP contribution in [0.2, 0.25) is 0 Å². The fourth-order valence-corrected chi connectivity index (χ4v) is 3.63. The van der Waals surface area contributed by atoms with Gasteiger partial charge in [0.15, 0.2) is 9.84 Å². The van der Waals surface area contributed by atoms with Crippen molar-refractivity contribution in [2.75, 3.05) is 38.9 Å². The van der Waals surface area contributed by atoms with Gasteiger partial charge in [0.05, 0.1) is 26.5 Å². The van der Waals surface area contributed by atoms with Gasteiger partial charge in [0.1, 0.15) is 16.4 Å². The molecule has 0 aliphatic rings. The molecule has 0 fully saturated rings. The Kier molecular flexibility index (Phi) is 7.06. The topological polar surface area (TPSA) is 93.7 Å². The minimum absolute atomic E-state index is 0.0403. The molecule has 0 saturated heterocycles. The van der Waals surface area contributed by atoms with Crippen LogP contribution in [0, 0.1) is 0 Å². The van der Waals surface area contributed by atoms with E-state index in [2.05, 4.69) is 10.6 Å². The largest absolute Gasteiger partial charge is 0.497 e. The van der Waals surface area contributed by atoms with Crippen molar-refractivity contribution in [1.82, 2.24) is 5.32 Å². The van der Waals surface area contributed by atoms with Gasteiger partial charge in [0.2, 0.25) is 5.91 Å². The number of anilines is 1. The van der Waals surface area contributed by atoms with E-state index in [9.17, 15) is 13.2 Å². The van der Waals surface area contributed by atoms with E-state index < -0.39 is 9.84 Å². The lowest BCUT2D eigenvalue weighted by atomic mass is 10.1. The molecule has 146 valence electrons. The zero-order valence-corrected chi connectivity index (χ0v) is 16.4. The molecule has 0 unspecified atom stereocenters. The second-order valence-corrected chi connectivity index (χ2v) is 7.86. The third kappa shape index (κ3) is 5.89. The Hall–Kier alpha value is -2.74. The number of benzene rings is 2. The van der Waals surface area contributed by atoms with Crippen molar-refractivity contribution in [3.05, 3.63) is 48.0 Å². The van der Waals surface area contributed by atoms with Crippen molar-refractivity contribution < 1.29 is 22.7 Å². The summed E-state index contributed by atoms with van der Waals surface area (Å²) in [5.41, 5.74) is 1.42. The molecular weight excluding hydrogens is 368 g/mol. The van der Waals surface area contributed by atoms with E-state index in [1.807, 2.05) is 24.3 Å². The first kappa shape index (κ1) is 20.6. The highest BCUT2D eigenvalue weighted by atomic mass is 32.2. The van der Waals surface area contributed by atoms with Crippen LogP contribution < -0.4 is 20.1 Å². The Balaban J connectivity index is 1.90. The van der Waals surface area contributed by atoms with Crippen molar-refractivity contribution in [3.8, 4) is 11.5 Å². The third-order valence-corrected chi connectivity index (χ3v) is 5.07. The smallest absolute Gasteiger partial charge is 0.239 e. The Morgan fingerprint density at radius 1 is 1.04 bits per heavy atom. The first-order valence-corrected chi connectivity index (χ1v) is 10.2. The summed E-state index contributed by atoms with van der Waals surface area (Å²) < 4.78 is 34.3. The van der Waals surface area contributed by atoms with E-state index in [1.165, 1.54) is 7.11 Å². The quantitative estimate of drug-likeness (QED) is 0.677. The molecule has 2 N–H and O–H groups in total. The predicted octanol–water partition coefficient (Wildman–Crippen LogP) is 1.88. The normalized spacial score (nSPS) is 10.9. The van der Waals surface area contributed by atoms with Crippen LogP contribution in [-0.2, 0) is 21.1 Å². The van der Waals surface area contributed by atoms with Gasteiger partial charge in [-0.15, -0.1) is 0 Å². The minimum atomic E-state index is -3.51. The Morgan fingerprint density at radius 3 is 2.33 bits per heavy atom. The molecule has 0 saturated carbocycles. The summed E-state index contributed by atoms with van der Waals surface area (Å²) in [6, 6.07) is 12.5. The second-order valence-electron chi connectivity index (χ2n) is 5.91. The molecule has 1 amide bonds. The van der Waals surface area contributed by atoms with Gasteiger partial charge < -0.3 is 20.1 Å². The predicted molar refractivity (Wildman–Crippen MR) is 104 cm³/mol. The number of hydrogen-bond donors (Lipinski definition) is 2. The van der Waals surface area contributed by atoms with Gasteiger partial charge in [-0.05, 0) is 36.2 Å². The van der Waals surface area contributed by atoms with Crippen LogP contribution in [0.4, 0.5) is 5.69 Å². The molecule has 0 bridgehead atoms. The van der Waals surface area contributed by atoms with Gasteiger partial charge in [-0.2, -0.15) is 0 Å². The van der Waals surface area contributed by atoms with Crippen LogP contribution in [0.15, 0.2) is 47.4 Å². The lowest BCUT2D eigenvalue weighted by Gasteiger charge is -2.14. The van der Waals surface area contributed by atoms with Crippen molar-refractivity contribution in [2.24, 2.45) is 0 Å². The molecule has 0 heterocycles. The summed E-state index contributed by atoms with van der Waals surface area (Å²) in [5.74, 6) is 0.792. The number of nitrogens with one attached hydrogen (secondary N) is 2. The Morgan fingerprint density at radius 2 is 1.74 bits per heavy atom. The number of carbonyl (C=O) groups excluding carboxylic acids is 1. The standard InChI is InChI=1S/C19H24N2O5S/c1-25-15-9-7-14(8-10-15)11-12-20-18(22)13-21-16-5-4-6-17(26-2)19(16)27(3,23)24/h4-10,21H,11-13H2,1-3H3,(H,20,22). The summed E-state index contributed by atoms with van der Waals surface area (Å²) in [6.07, 6.45) is 1.79. The van der Waals surface area contributed by atoms with Crippen LogP contribution >= 0.6 is 0 Å². The number of sulfone groups is 1. The number of carbonyl (C=O) groups is 1. The van der Waals surface area contributed by atoms with Crippen molar-refractivity contribution in [1.29, 1.82) is 0 Å². The molecule has 27 heavy (non-hydrogen) atoms. The fourth-order valence-electron chi connectivity index (χ4n) is 2.57. The Labute approximate surface area is 159 Å². The summed E-state index contributed by atoms with van der Waals surface area (Å²) in [4.78, 5) is 12.1. The van der Waals surface area contributed by atoms with Crippen LogP contribution in [0.5, 0.6) is 11.5 Å². The number of methoxy groups -OCH3 is 2. The number of ether oxygens (including phenoxy) is 2. The number of rotatable bonds is 9. The van der Waals surface area contributed by atoms with Gasteiger partial charge >= 0.3 is 0 Å². The summed E-state index contributed by atoms with van der Waals surface area (Å²) in [6.45, 7) is 0.433. The van der Waals surface area contributed by atoms with Crippen molar-refractivity contribution in [3.63, 3.8) is 0 Å². The van der Waals surface area contributed by atoms with E-state index in [0.717, 1.165) is 17.6 Å². The molecule has 0 atom stereocenters. The lowest BCUT2D eigenvalue weighted by Crippen LogP contribution is -2.31. The molecule has 2 aromatic rings. The van der Waals surface area contributed by atoms with Gasteiger partial charge in [-0.3, -0.25) is 4.79 Å². The van der Waals surface area contributed by atoms with Gasteiger partial charge in [0.25, 0.3) is 0 Å². The lowest BCUT2D eigenvalue weighted by molar-refractivity contribution is -0.119. The summed E-state index contributed by atoms with van der Waals surface area (Å²) in [7, 11) is -0.499. The average molecular weight is 392 g/mol. The number of amides is 1. The molecule has 8 heteroatoms. The first-order valence-electron chi connectivity index (χ1n) is 8.35. The van der Waals surface area contributed by atoms with Crippen LogP contribution in [-0.4, -0.2) is 47.9 Å². The maximum Gasteiger partial charge on any atom is 0.239 e. The van der Waals surface area contributed by atoms with Gasteiger partial charge in [0, 0.05) is 12.8 Å². The molecule has 7 nitrogen and oxygen atoms in total. The molecule has 2 aromatic carbocycles. The summed E-state index contributed by atoms with van der Waals surface area (Å²) in [5, 5.41) is 5.67. The summed E-state index contributed by atoms with van der Waals surface area (Å²) >= 11 is 0. The molecule has 2 rings (SSSR count). The van der Waals surface area contributed by atoms with E-state index >= 15 is 0 Å². The van der Waals surface area contributed by atoms with Crippen LogP contribution in [0.1, 0.15) is 5.56 Å². The first-order chi connectivity index (χ1) is 12.8. The van der Waals surface area contributed by atoms with E-state index in [4.69, 9.17) is 9.47 Å². The van der Waals surface area contributed by atoms with E-state index in [-0.39, 0.29) is 23.1 Å². The highest BCUT2D eigenvalue weighted by Crippen LogP contribution is 2.30. The highest BCUT2D eigenvalue weighted by Gasteiger charge is 2.19. The molecular formula is C19H24N2O5S. The second kappa shape index (κ2) is 9.27. The van der Waals surface area contributed by atoms with Crippen LogP contribution in [0.3, 0.4) is 0 Å². The molecule has 0 aliphatic carbocycles. The minimum Gasteiger partial charge on any atom is -0.497 e. The Bertz CT molecular complexity index is 879. The zero-order chi connectivity index (χ0) is 19.9. The molecule has 0 radical (unpaired) electrons. The molecule has 0 aliphatic heterocycles. The van der Waals surface area contributed by atoms with E-state index in [0.29, 0.717) is 18.7 Å². The molecule has 0 spiro atoms. The highest BCUT2D eigenvalue weighted by molar-refractivity contribution is 7.91. The average Bonchev–Trinajstić information content (AvgIpc) is 2.65. The van der Waals surface area contributed by atoms with Crippen molar-refractivity contribution in [2.45, 2.75) is 11.3 Å². The monoisotopic (exact) mass is 392 g/mol. The SMILES string of the molecule is COc1ccc(CCNC(=O)CNc2cccc(OC)c2S(C)(=O)=O)cc1. The van der Waals surface area contributed by atoms with E-state index in [1.54, 1.807) is 25.3 Å². The maximum absolute atomic E-state index is 12.0. The van der Waals surface area contributed by atoms with Crippen molar-refractivity contribution >= 4 is 21.4 Å².